The number of hydrogen-bond donors (Lipinski definition) is 3. The molecular formula is C30H30FN7O4. The van der Waals surface area contributed by atoms with E-state index in [1.165, 1.54) is 36.7 Å². The molecule has 0 bridgehead atoms. The molecule has 0 unspecified atom stereocenters. The van der Waals surface area contributed by atoms with E-state index in [1.54, 1.807) is 42.3 Å². The normalized spacial score (nSPS) is 12.0. The molecule has 0 fully saturated rings. The molecule has 5 rings (SSSR count). The second-order valence-corrected chi connectivity index (χ2v) is 10.0. The maximum Gasteiger partial charge on any atom is 0.262 e. The Hall–Kier alpha value is -5.10. The molecule has 3 N–H and O–H groups in total. The summed E-state index contributed by atoms with van der Waals surface area (Å²) in [6.45, 7) is 6.32. The number of rotatable bonds is 10. The number of pyridine rings is 3. The molecule has 0 aliphatic carbocycles. The number of hydrogen-bond acceptors (Lipinski definition) is 8. The molecule has 5 aromatic rings. The largest absolute Gasteiger partial charge is 0.455 e. The molecular weight excluding hydrogens is 541 g/mol. The third-order valence-electron chi connectivity index (χ3n) is 6.47. The minimum Gasteiger partial charge on any atom is -0.455 e. The van der Waals surface area contributed by atoms with Gasteiger partial charge in [0.25, 0.3) is 5.91 Å². The fourth-order valence-electron chi connectivity index (χ4n) is 4.35. The van der Waals surface area contributed by atoms with Gasteiger partial charge in [0.15, 0.2) is 11.5 Å². The maximum absolute atomic E-state index is 13.5. The minimum absolute atomic E-state index is 0.000144. The first-order valence-corrected chi connectivity index (χ1v) is 13.3. The number of ether oxygens (including phenoxy) is 2. The third-order valence-corrected chi connectivity index (χ3v) is 6.47. The zero-order valence-electron chi connectivity index (χ0n) is 23.5. The van der Waals surface area contributed by atoms with Crippen LogP contribution in [-0.4, -0.2) is 50.4 Å². The molecule has 1 atom stereocenters. The Morgan fingerprint density at radius 1 is 1.07 bits per heavy atom. The van der Waals surface area contributed by atoms with Crippen LogP contribution in [0.25, 0.3) is 22.2 Å². The van der Waals surface area contributed by atoms with Crippen molar-refractivity contribution >= 4 is 28.6 Å². The van der Waals surface area contributed by atoms with E-state index in [4.69, 9.17) is 9.47 Å². The molecule has 0 aliphatic rings. The van der Waals surface area contributed by atoms with Crippen LogP contribution < -0.4 is 20.8 Å². The van der Waals surface area contributed by atoms with Crippen molar-refractivity contribution in [2.24, 2.45) is 0 Å². The van der Waals surface area contributed by atoms with Gasteiger partial charge in [-0.2, -0.15) is 5.10 Å². The van der Waals surface area contributed by atoms with Crippen LogP contribution in [0.2, 0.25) is 0 Å². The van der Waals surface area contributed by atoms with E-state index in [2.05, 4.69) is 30.8 Å². The number of nitrogens with zero attached hydrogens (tertiary/aromatic N) is 4. The number of anilines is 2. The summed E-state index contributed by atoms with van der Waals surface area (Å²) in [5.41, 5.74) is 0.823. The second kappa shape index (κ2) is 12.2. The molecule has 12 heteroatoms. The van der Waals surface area contributed by atoms with Gasteiger partial charge in [-0.3, -0.25) is 14.7 Å². The highest BCUT2D eigenvalue weighted by atomic mass is 19.1. The Bertz CT molecular complexity index is 1770. The maximum atomic E-state index is 13.5. The molecule has 0 saturated carbocycles. The summed E-state index contributed by atoms with van der Waals surface area (Å²) < 4.78 is 26.5. The van der Waals surface area contributed by atoms with Crippen molar-refractivity contribution in [1.29, 1.82) is 0 Å². The van der Waals surface area contributed by atoms with Crippen molar-refractivity contribution in [3.8, 4) is 22.6 Å². The molecule has 1 amide bonds. The molecule has 11 nitrogen and oxygen atoms in total. The fourth-order valence-corrected chi connectivity index (χ4v) is 4.35. The van der Waals surface area contributed by atoms with Gasteiger partial charge in [-0.1, -0.05) is 12.1 Å². The van der Waals surface area contributed by atoms with E-state index < -0.39 is 17.2 Å². The van der Waals surface area contributed by atoms with Crippen molar-refractivity contribution in [1.82, 2.24) is 24.7 Å². The summed E-state index contributed by atoms with van der Waals surface area (Å²) in [6, 6.07) is 10.5. The fraction of sp³-hybridized carbons (Fsp3) is 0.233. The predicted octanol–water partition coefficient (Wildman–Crippen LogP) is 5.39. The number of benzene rings is 1. The minimum atomic E-state index is -0.616. The van der Waals surface area contributed by atoms with Crippen molar-refractivity contribution in [2.75, 3.05) is 24.4 Å². The lowest BCUT2D eigenvalue weighted by atomic mass is 10.0. The average molecular weight is 572 g/mol. The van der Waals surface area contributed by atoms with Crippen LogP contribution >= 0.6 is 0 Å². The number of nitrogens with one attached hydrogen (secondary N) is 3. The molecule has 0 radical (unpaired) electrons. The van der Waals surface area contributed by atoms with Crippen LogP contribution in [0.3, 0.4) is 0 Å². The Balaban J connectivity index is 1.36. The summed E-state index contributed by atoms with van der Waals surface area (Å²) in [5.74, 6) is 0.694. The van der Waals surface area contributed by atoms with E-state index in [9.17, 15) is 14.0 Å². The number of halogens is 1. The highest BCUT2D eigenvalue weighted by molar-refractivity contribution is 6.04. The number of amides is 1. The van der Waals surface area contributed by atoms with E-state index in [-0.39, 0.29) is 23.5 Å². The number of fused-ring (bicyclic) bond motifs is 1. The summed E-state index contributed by atoms with van der Waals surface area (Å²) in [6.07, 6.45) is 6.23. The van der Waals surface area contributed by atoms with Gasteiger partial charge < -0.3 is 24.7 Å². The predicted molar refractivity (Wildman–Crippen MR) is 158 cm³/mol. The van der Waals surface area contributed by atoms with Crippen LogP contribution in [-0.2, 0) is 4.74 Å². The SMILES string of the molecule is COC[C@@H](C)Nc1n[nH]c2nccc(Oc3ccc(NC(=O)c4cn(C(C)C)cc(-c5ccc(F)cc5)c4=O)nc3)c12. The van der Waals surface area contributed by atoms with E-state index in [0.29, 0.717) is 46.1 Å². The van der Waals surface area contributed by atoms with Gasteiger partial charge in [-0.15, -0.1) is 0 Å². The summed E-state index contributed by atoms with van der Waals surface area (Å²) >= 11 is 0. The van der Waals surface area contributed by atoms with Crippen LogP contribution in [0.1, 0.15) is 37.2 Å². The van der Waals surface area contributed by atoms with Gasteiger partial charge in [0, 0.05) is 49.4 Å². The Morgan fingerprint density at radius 3 is 2.55 bits per heavy atom. The third kappa shape index (κ3) is 6.13. The van der Waals surface area contributed by atoms with Gasteiger partial charge >= 0.3 is 0 Å². The van der Waals surface area contributed by atoms with Gasteiger partial charge in [0.2, 0.25) is 5.43 Å². The quantitative estimate of drug-likeness (QED) is 0.203. The Morgan fingerprint density at radius 2 is 1.86 bits per heavy atom. The zero-order chi connectivity index (χ0) is 29.8. The molecule has 42 heavy (non-hydrogen) atoms. The second-order valence-electron chi connectivity index (χ2n) is 10.0. The first-order chi connectivity index (χ1) is 20.2. The van der Waals surface area contributed by atoms with Gasteiger partial charge in [0.05, 0.1) is 12.8 Å². The van der Waals surface area contributed by atoms with Crippen molar-refractivity contribution < 1.29 is 18.7 Å². The average Bonchev–Trinajstić information content (AvgIpc) is 3.38. The lowest BCUT2D eigenvalue weighted by Gasteiger charge is -2.15. The summed E-state index contributed by atoms with van der Waals surface area (Å²) in [5, 5.41) is 13.8. The highest BCUT2D eigenvalue weighted by Gasteiger charge is 2.19. The number of aromatic amines is 1. The Kier molecular flexibility index (Phi) is 8.25. The molecule has 4 aromatic heterocycles. The topological polar surface area (TPSA) is 136 Å². The van der Waals surface area contributed by atoms with E-state index in [0.717, 1.165) is 0 Å². The molecule has 1 aromatic carbocycles. The first-order valence-electron chi connectivity index (χ1n) is 13.3. The van der Waals surface area contributed by atoms with Crippen LogP contribution in [0.5, 0.6) is 11.5 Å². The standard InChI is InChI=1S/C30H30FN7O4/c1-17(2)38-14-22(19-5-7-20(31)8-6-19)27(39)23(15-38)30(40)35-25-10-9-21(13-33-25)42-24-11-12-32-28-26(24)29(37-36-28)34-18(3)16-41-4/h5-15,17-18H,16H2,1-4H3,(H,33,35,40)(H2,32,34,36,37)/t18-/m1/s1. The smallest absolute Gasteiger partial charge is 0.262 e. The number of carbonyl (C=O) groups is 1. The van der Waals surface area contributed by atoms with Crippen molar-refractivity contribution in [3.05, 3.63) is 88.9 Å². The number of aromatic nitrogens is 5. The lowest BCUT2D eigenvalue weighted by molar-refractivity contribution is 0.102. The first kappa shape index (κ1) is 28.4. The molecule has 0 spiro atoms. The van der Waals surface area contributed by atoms with E-state index >= 15 is 0 Å². The number of methoxy groups -OCH3 is 1. The van der Waals surface area contributed by atoms with Gasteiger partial charge in [-0.25, -0.2) is 14.4 Å². The molecule has 216 valence electrons. The number of carbonyl (C=O) groups excluding carboxylic acids is 1. The van der Waals surface area contributed by atoms with Crippen molar-refractivity contribution in [3.63, 3.8) is 0 Å². The monoisotopic (exact) mass is 571 g/mol. The summed E-state index contributed by atoms with van der Waals surface area (Å²) in [4.78, 5) is 35.1. The summed E-state index contributed by atoms with van der Waals surface area (Å²) in [7, 11) is 1.63. The van der Waals surface area contributed by atoms with Crippen molar-refractivity contribution in [2.45, 2.75) is 32.9 Å². The van der Waals surface area contributed by atoms with Gasteiger partial charge in [0.1, 0.15) is 34.1 Å². The molecule has 0 aliphatic heterocycles. The van der Waals surface area contributed by atoms with Crippen LogP contribution in [0.15, 0.2) is 72.0 Å². The molecule has 0 saturated heterocycles. The zero-order valence-corrected chi connectivity index (χ0v) is 23.5. The van der Waals surface area contributed by atoms with Crippen LogP contribution in [0, 0.1) is 5.82 Å². The lowest BCUT2D eigenvalue weighted by Crippen LogP contribution is -2.25. The van der Waals surface area contributed by atoms with Crippen LogP contribution in [0.4, 0.5) is 16.0 Å². The Labute approximate surface area is 240 Å². The van der Waals surface area contributed by atoms with E-state index in [1.807, 2.05) is 20.8 Å². The van der Waals surface area contributed by atoms with Gasteiger partial charge in [-0.05, 0) is 50.6 Å². The highest BCUT2D eigenvalue weighted by Crippen LogP contribution is 2.33. The molecule has 4 heterocycles. The number of H-pyrrole nitrogens is 1.